The van der Waals surface area contributed by atoms with Gasteiger partial charge in [-0.3, -0.25) is 9.79 Å². The minimum Gasteiger partial charge on any atom is -0.394 e. The van der Waals surface area contributed by atoms with Gasteiger partial charge in [-0.05, 0) is 66.5 Å². The average molecular weight is 483 g/mol. The number of halogens is 2. The summed E-state index contributed by atoms with van der Waals surface area (Å²) in [5.41, 5.74) is 3.71. The number of nitrogens with one attached hydrogen (secondary N) is 1. The van der Waals surface area contributed by atoms with Crippen LogP contribution in [0.15, 0.2) is 59.6 Å². The van der Waals surface area contributed by atoms with Gasteiger partial charge in [-0.25, -0.2) is 0 Å². The molecule has 6 heteroatoms. The van der Waals surface area contributed by atoms with E-state index >= 15 is 0 Å². The summed E-state index contributed by atoms with van der Waals surface area (Å²) in [5.74, 6) is 0.191. The molecular formula is C27H28Cl2N2O2. The van der Waals surface area contributed by atoms with Crippen molar-refractivity contribution in [1.29, 1.82) is 0 Å². The minimum absolute atomic E-state index is 0.0270. The lowest BCUT2D eigenvalue weighted by molar-refractivity contribution is -0.131. The molecule has 0 spiro atoms. The molecule has 2 aromatic carbocycles. The van der Waals surface area contributed by atoms with E-state index in [0.29, 0.717) is 11.6 Å². The molecule has 5 atom stereocenters. The van der Waals surface area contributed by atoms with E-state index < -0.39 is 5.41 Å². The van der Waals surface area contributed by atoms with E-state index in [0.717, 1.165) is 46.7 Å². The van der Waals surface area contributed by atoms with Crippen molar-refractivity contribution >= 4 is 34.8 Å². The van der Waals surface area contributed by atoms with E-state index in [1.165, 1.54) is 0 Å². The highest BCUT2D eigenvalue weighted by atomic mass is 35.5. The summed E-state index contributed by atoms with van der Waals surface area (Å²) in [6, 6.07) is 13.9. The molecule has 2 aromatic rings. The molecule has 2 aliphatic heterocycles. The second kappa shape index (κ2) is 8.90. The number of aliphatic hydroxyl groups excluding tert-OH is 1. The van der Waals surface area contributed by atoms with Gasteiger partial charge in [0.05, 0.1) is 30.3 Å². The van der Waals surface area contributed by atoms with Crippen molar-refractivity contribution in [3.05, 3.63) is 81.4 Å². The third-order valence-electron chi connectivity index (χ3n) is 7.98. The van der Waals surface area contributed by atoms with Crippen LogP contribution in [0.3, 0.4) is 0 Å². The molecule has 1 amide bonds. The Hall–Kier alpha value is -2.14. The number of nitrogens with zero attached hydrogens (tertiary/aromatic N) is 1. The summed E-state index contributed by atoms with van der Waals surface area (Å²) in [4.78, 5) is 17.7. The van der Waals surface area contributed by atoms with Crippen LogP contribution in [0.2, 0.25) is 10.0 Å². The molecule has 0 aromatic heterocycles. The Balaban J connectivity index is 1.62. The van der Waals surface area contributed by atoms with Gasteiger partial charge in [0, 0.05) is 21.5 Å². The molecule has 1 aliphatic carbocycles. The Labute approximate surface area is 204 Å². The van der Waals surface area contributed by atoms with Crippen LogP contribution in [0.1, 0.15) is 54.7 Å². The molecule has 2 N–H and O–H groups in total. The monoisotopic (exact) mass is 482 g/mol. The van der Waals surface area contributed by atoms with Crippen LogP contribution in [0, 0.1) is 11.3 Å². The van der Waals surface area contributed by atoms with Gasteiger partial charge in [-0.1, -0.05) is 60.5 Å². The fraction of sp³-hybridized carbons (Fsp3) is 0.407. The maximum atomic E-state index is 13.2. The van der Waals surface area contributed by atoms with Gasteiger partial charge in [0.15, 0.2) is 0 Å². The lowest BCUT2D eigenvalue weighted by atomic mass is 9.54. The normalized spacial score (nSPS) is 30.8. The molecule has 0 radical (unpaired) electrons. The van der Waals surface area contributed by atoms with Crippen molar-refractivity contribution in [2.45, 2.75) is 44.1 Å². The Morgan fingerprint density at radius 1 is 1.18 bits per heavy atom. The summed E-state index contributed by atoms with van der Waals surface area (Å²) in [6.45, 7) is 2.72. The number of allylic oxidation sites excluding steroid dienone is 1. The van der Waals surface area contributed by atoms with Gasteiger partial charge in [-0.2, -0.15) is 0 Å². The first-order chi connectivity index (χ1) is 16.0. The maximum Gasteiger partial charge on any atom is 0.226 e. The number of benzene rings is 2. The summed E-state index contributed by atoms with van der Waals surface area (Å²) in [7, 11) is 0. The Morgan fingerprint density at radius 3 is 2.61 bits per heavy atom. The van der Waals surface area contributed by atoms with Crippen molar-refractivity contribution in [2.24, 2.45) is 16.3 Å². The van der Waals surface area contributed by atoms with Crippen LogP contribution >= 0.6 is 23.2 Å². The molecular weight excluding hydrogens is 455 g/mol. The number of amides is 1. The minimum atomic E-state index is -0.482. The molecule has 0 unspecified atom stereocenters. The van der Waals surface area contributed by atoms with Crippen molar-refractivity contribution in [3.8, 4) is 0 Å². The molecule has 2 heterocycles. The van der Waals surface area contributed by atoms with Gasteiger partial charge in [0.25, 0.3) is 0 Å². The second-order valence-corrected chi connectivity index (χ2v) is 10.2. The quantitative estimate of drug-likeness (QED) is 0.589. The van der Waals surface area contributed by atoms with Gasteiger partial charge < -0.3 is 10.4 Å². The van der Waals surface area contributed by atoms with E-state index in [4.69, 9.17) is 23.2 Å². The highest BCUT2D eigenvalue weighted by molar-refractivity contribution is 6.32. The third-order valence-corrected chi connectivity index (χ3v) is 8.56. The highest BCUT2D eigenvalue weighted by Gasteiger charge is 2.60. The van der Waals surface area contributed by atoms with E-state index in [9.17, 15) is 9.90 Å². The van der Waals surface area contributed by atoms with E-state index in [1.54, 1.807) is 0 Å². The van der Waals surface area contributed by atoms with E-state index in [-0.39, 0.29) is 36.3 Å². The van der Waals surface area contributed by atoms with Crippen molar-refractivity contribution < 1.29 is 9.90 Å². The van der Waals surface area contributed by atoms with Gasteiger partial charge >= 0.3 is 0 Å². The predicted octanol–water partition coefficient (Wildman–Crippen LogP) is 5.52. The van der Waals surface area contributed by atoms with Gasteiger partial charge in [0.2, 0.25) is 5.91 Å². The standard InChI is InChI=1S/C27H28Cl2N2O2/c1-2-27-12-11-20(19-10-7-17(14-21(19)29)22-4-3-13-30-22)24(16-5-8-18(28)9-6-16)25(27)23(15-32)31-26(27)33/h3-10,14,20,23-25,32H,2,11-13,15H2,1H3,(H,31,33)/t20-,23+,24-,25-,27+/m0/s1. The topological polar surface area (TPSA) is 61.7 Å². The zero-order valence-corrected chi connectivity index (χ0v) is 20.1. The lowest BCUT2D eigenvalue weighted by Crippen LogP contribution is -2.45. The predicted molar refractivity (Wildman–Crippen MR) is 133 cm³/mol. The number of carbonyl (C=O) groups excluding carboxylic acids is 1. The number of aliphatic hydroxyl groups is 1. The summed E-state index contributed by atoms with van der Waals surface area (Å²) in [6.07, 6.45) is 6.44. The number of aliphatic imine (C=N–C) groups is 1. The first-order valence-electron chi connectivity index (χ1n) is 11.7. The summed E-state index contributed by atoms with van der Waals surface area (Å²) in [5, 5.41) is 14.7. The largest absolute Gasteiger partial charge is 0.394 e. The smallest absolute Gasteiger partial charge is 0.226 e. The zero-order valence-electron chi connectivity index (χ0n) is 18.6. The molecule has 1 saturated heterocycles. The Bertz CT molecular complexity index is 1130. The number of fused-ring (bicyclic) bond motifs is 1. The van der Waals surface area contributed by atoms with Crippen LogP contribution < -0.4 is 5.32 Å². The second-order valence-electron chi connectivity index (χ2n) is 9.39. The highest BCUT2D eigenvalue weighted by Crippen LogP contribution is 2.60. The van der Waals surface area contributed by atoms with Gasteiger partial charge in [-0.15, -0.1) is 0 Å². The van der Waals surface area contributed by atoms with Gasteiger partial charge in [0.1, 0.15) is 0 Å². The molecule has 2 fully saturated rings. The molecule has 0 bridgehead atoms. The van der Waals surface area contributed by atoms with Crippen molar-refractivity contribution in [1.82, 2.24) is 5.32 Å². The van der Waals surface area contributed by atoms with E-state index in [1.807, 2.05) is 30.4 Å². The molecule has 33 heavy (non-hydrogen) atoms. The first kappa shape index (κ1) is 22.6. The Morgan fingerprint density at radius 2 is 1.97 bits per heavy atom. The lowest BCUT2D eigenvalue weighted by Gasteiger charge is -2.48. The number of rotatable bonds is 5. The van der Waals surface area contributed by atoms with E-state index in [2.05, 4.69) is 41.5 Å². The first-order valence-corrected chi connectivity index (χ1v) is 12.4. The van der Waals surface area contributed by atoms with Crippen molar-refractivity contribution in [2.75, 3.05) is 13.2 Å². The third kappa shape index (κ3) is 3.73. The van der Waals surface area contributed by atoms with Crippen LogP contribution in [-0.2, 0) is 4.79 Å². The average Bonchev–Trinajstić information content (AvgIpc) is 3.46. The number of hydrogen-bond acceptors (Lipinski definition) is 3. The SMILES string of the molecule is CC[C@@]12CC[C@@H](c3ccc(C4=NCC=C4)cc3Cl)[C@H](c3ccc(Cl)cc3)[C@@H]1[C@@H](CO)NC2=O. The van der Waals surface area contributed by atoms with Crippen molar-refractivity contribution in [3.63, 3.8) is 0 Å². The molecule has 172 valence electrons. The zero-order chi connectivity index (χ0) is 23.2. The molecule has 5 rings (SSSR count). The maximum absolute atomic E-state index is 13.2. The Kier molecular flexibility index (Phi) is 6.11. The van der Waals surface area contributed by atoms with Crippen LogP contribution in [0.25, 0.3) is 0 Å². The van der Waals surface area contributed by atoms with Crippen LogP contribution in [-0.4, -0.2) is 35.9 Å². The fourth-order valence-corrected chi connectivity index (χ4v) is 6.85. The summed E-state index contributed by atoms with van der Waals surface area (Å²) >= 11 is 13.1. The molecule has 3 aliphatic rings. The number of hydrogen-bond donors (Lipinski definition) is 2. The molecule has 4 nitrogen and oxygen atoms in total. The summed E-state index contributed by atoms with van der Waals surface area (Å²) < 4.78 is 0. The molecule has 1 saturated carbocycles. The van der Waals surface area contributed by atoms with Crippen LogP contribution in [0.5, 0.6) is 0 Å². The fourth-order valence-electron chi connectivity index (χ4n) is 6.40. The van der Waals surface area contributed by atoms with Crippen LogP contribution in [0.4, 0.5) is 0 Å². The number of carbonyl (C=O) groups is 1.